The number of nitrogens with zero attached hydrogens (tertiary/aromatic N) is 5. The molecule has 0 unspecified atom stereocenters. The number of anilines is 4. The Kier molecular flexibility index (Phi) is 3.64. The number of aromatic amines is 1. The van der Waals surface area contributed by atoms with E-state index in [4.69, 9.17) is 0 Å². The predicted octanol–water partition coefficient (Wildman–Crippen LogP) is 5.06. The van der Waals surface area contributed by atoms with Gasteiger partial charge in [0.05, 0.1) is 37.8 Å². The van der Waals surface area contributed by atoms with Gasteiger partial charge < -0.3 is 15.6 Å². The van der Waals surface area contributed by atoms with Crippen molar-refractivity contribution in [2.45, 2.75) is 0 Å². The van der Waals surface area contributed by atoms with E-state index in [2.05, 4.69) is 40.8 Å². The van der Waals surface area contributed by atoms with Gasteiger partial charge in [-0.05, 0) is 36.4 Å². The molecule has 0 fully saturated rings. The monoisotopic (exact) mass is 416 g/mol. The minimum absolute atomic E-state index is 0.583. The third kappa shape index (κ3) is 2.85. The van der Waals surface area contributed by atoms with E-state index in [0.717, 1.165) is 37.3 Å². The lowest BCUT2D eigenvalue weighted by atomic mass is 10.3. The average molecular weight is 416 g/mol. The first kappa shape index (κ1) is 16.3. The molecule has 29 heavy (non-hydrogen) atoms. The molecule has 10 heteroatoms. The first-order valence-electron chi connectivity index (χ1n) is 8.74. The zero-order chi connectivity index (χ0) is 19.2. The van der Waals surface area contributed by atoms with Crippen LogP contribution in [0.3, 0.4) is 0 Å². The molecule has 0 aliphatic carbocycles. The number of thiazole rings is 2. The van der Waals surface area contributed by atoms with E-state index in [1.165, 1.54) is 0 Å². The molecule has 0 radical (unpaired) electrons. The van der Waals surface area contributed by atoms with Crippen LogP contribution in [0.2, 0.25) is 0 Å². The van der Waals surface area contributed by atoms with Gasteiger partial charge in [0.2, 0.25) is 0 Å². The van der Waals surface area contributed by atoms with E-state index in [0.29, 0.717) is 17.2 Å². The fourth-order valence-electron chi connectivity index (χ4n) is 3.17. The molecule has 6 aromatic rings. The summed E-state index contributed by atoms with van der Waals surface area (Å²) >= 11 is 3.22. The van der Waals surface area contributed by atoms with Crippen molar-refractivity contribution in [1.82, 2.24) is 30.1 Å². The van der Waals surface area contributed by atoms with Crippen LogP contribution in [-0.2, 0) is 0 Å². The van der Waals surface area contributed by atoms with Crippen molar-refractivity contribution in [3.63, 3.8) is 0 Å². The molecule has 0 spiro atoms. The summed E-state index contributed by atoms with van der Waals surface area (Å²) in [7, 11) is 0. The minimum atomic E-state index is 0.583. The fourth-order valence-corrected chi connectivity index (χ4v) is 4.54. The summed E-state index contributed by atoms with van der Waals surface area (Å²) < 4.78 is 2.25. The van der Waals surface area contributed by atoms with Gasteiger partial charge in [-0.3, -0.25) is 0 Å². The molecule has 0 saturated heterocycles. The molecule has 8 nitrogen and oxygen atoms in total. The van der Waals surface area contributed by atoms with Gasteiger partial charge in [0.1, 0.15) is 11.0 Å². The summed E-state index contributed by atoms with van der Waals surface area (Å²) in [4.78, 5) is 16.3. The number of H-pyrrole nitrogens is 1. The molecule has 6 rings (SSSR count). The molecule has 0 amide bonds. The lowest BCUT2D eigenvalue weighted by molar-refractivity contribution is 1.05. The van der Waals surface area contributed by atoms with Crippen LogP contribution >= 0.6 is 22.7 Å². The Labute approximate surface area is 171 Å². The van der Waals surface area contributed by atoms with Crippen molar-refractivity contribution in [2.75, 3.05) is 10.6 Å². The quantitative estimate of drug-likeness (QED) is 0.369. The molecule has 0 atom stereocenters. The molecular weight excluding hydrogens is 404 g/mol. The third-order valence-electron chi connectivity index (χ3n) is 4.54. The van der Waals surface area contributed by atoms with Gasteiger partial charge in [-0.25, -0.2) is 15.0 Å². The Morgan fingerprint density at radius 1 is 0.724 bits per heavy atom. The van der Waals surface area contributed by atoms with E-state index in [1.807, 2.05) is 47.4 Å². The van der Waals surface area contributed by atoms with Gasteiger partial charge in [0.25, 0.3) is 0 Å². The number of hydrogen-bond acceptors (Lipinski definition) is 9. The molecule has 3 N–H and O–H groups in total. The number of fused-ring (bicyclic) bond motifs is 3. The number of benzene rings is 2. The molecule has 0 saturated carbocycles. The van der Waals surface area contributed by atoms with Crippen molar-refractivity contribution in [3.8, 4) is 0 Å². The highest BCUT2D eigenvalue weighted by molar-refractivity contribution is 7.17. The molecule has 4 aromatic heterocycles. The maximum atomic E-state index is 4.43. The Bertz CT molecular complexity index is 1370. The fraction of sp³-hybridized carbons (Fsp3) is 0. The number of rotatable bonds is 4. The largest absolute Gasteiger partial charge is 0.341 e. The Morgan fingerprint density at radius 3 is 2.45 bits per heavy atom. The van der Waals surface area contributed by atoms with Gasteiger partial charge >= 0.3 is 0 Å². The molecule has 4 heterocycles. The zero-order valence-corrected chi connectivity index (χ0v) is 16.4. The van der Waals surface area contributed by atoms with Crippen molar-refractivity contribution in [2.24, 2.45) is 0 Å². The summed E-state index contributed by atoms with van der Waals surface area (Å²) in [5.74, 6) is 1.20. The maximum absolute atomic E-state index is 4.43. The number of imidazole rings is 1. The first-order valence-corrected chi connectivity index (χ1v) is 10.5. The Balaban J connectivity index is 1.35. The summed E-state index contributed by atoms with van der Waals surface area (Å²) in [6.45, 7) is 0. The topological polar surface area (TPSA) is 104 Å². The smallest absolute Gasteiger partial charge is 0.181 e. The van der Waals surface area contributed by atoms with E-state index >= 15 is 0 Å². The van der Waals surface area contributed by atoms with Gasteiger partial charge in [-0.15, -0.1) is 32.9 Å². The van der Waals surface area contributed by atoms with Gasteiger partial charge in [-0.1, -0.05) is 0 Å². The highest BCUT2D eigenvalue weighted by Gasteiger charge is 2.13. The van der Waals surface area contributed by atoms with Crippen molar-refractivity contribution in [3.05, 3.63) is 53.7 Å². The Morgan fingerprint density at radius 2 is 1.48 bits per heavy atom. The van der Waals surface area contributed by atoms with Crippen LogP contribution < -0.4 is 10.6 Å². The lowest BCUT2D eigenvalue weighted by Gasteiger charge is -2.09. The molecule has 0 aliphatic rings. The van der Waals surface area contributed by atoms with E-state index < -0.39 is 0 Å². The van der Waals surface area contributed by atoms with Crippen LogP contribution in [0.25, 0.3) is 31.5 Å². The minimum Gasteiger partial charge on any atom is -0.341 e. The highest BCUT2D eigenvalue weighted by atomic mass is 32.1. The van der Waals surface area contributed by atoms with Crippen LogP contribution in [-0.4, -0.2) is 30.1 Å². The highest BCUT2D eigenvalue weighted by Crippen LogP contribution is 2.30. The predicted molar refractivity (Wildman–Crippen MR) is 117 cm³/mol. The SMILES string of the molecule is c1nc2c(Nc3ccc4scnc4c3)nnc(Nc3ccc4ncsc4c3)c2[nH]1. The molecule has 0 aliphatic heterocycles. The standard InChI is InChI=1S/C19H12N8S2/c1-3-12-15(29-8-22-12)6-11(1)25-19-17-16(20-7-21-17)18(26-27-19)24-10-2-4-14-13(5-10)23-9-28-14/h1-9H,(H,20,21)(H,24,26)(H,25,27). The van der Waals surface area contributed by atoms with Crippen LogP contribution in [0, 0.1) is 0 Å². The van der Waals surface area contributed by atoms with Crippen molar-refractivity contribution in [1.29, 1.82) is 0 Å². The lowest BCUT2D eigenvalue weighted by Crippen LogP contribution is -2.01. The number of nitrogens with one attached hydrogen (secondary N) is 3. The van der Waals surface area contributed by atoms with Gasteiger partial charge in [0.15, 0.2) is 11.6 Å². The van der Waals surface area contributed by atoms with Crippen LogP contribution in [0.5, 0.6) is 0 Å². The second-order valence-corrected chi connectivity index (χ2v) is 8.12. The average Bonchev–Trinajstić information content (AvgIpc) is 3.49. The summed E-state index contributed by atoms with van der Waals surface area (Å²) in [6, 6.07) is 12.0. The molecule has 2 aromatic carbocycles. The third-order valence-corrected chi connectivity index (χ3v) is 6.14. The molecular formula is C19H12N8S2. The molecule has 0 bridgehead atoms. The molecule has 140 valence electrons. The van der Waals surface area contributed by atoms with Crippen molar-refractivity contribution >= 4 is 77.2 Å². The maximum Gasteiger partial charge on any atom is 0.181 e. The van der Waals surface area contributed by atoms with Crippen LogP contribution in [0.15, 0.2) is 53.7 Å². The van der Waals surface area contributed by atoms with E-state index in [9.17, 15) is 0 Å². The van der Waals surface area contributed by atoms with Crippen LogP contribution in [0.4, 0.5) is 23.0 Å². The van der Waals surface area contributed by atoms with Crippen LogP contribution in [0.1, 0.15) is 0 Å². The van der Waals surface area contributed by atoms with Gasteiger partial charge in [-0.2, -0.15) is 0 Å². The normalized spacial score (nSPS) is 11.4. The number of aromatic nitrogens is 6. The summed E-state index contributed by atoms with van der Waals surface area (Å²) in [5, 5.41) is 15.4. The zero-order valence-electron chi connectivity index (χ0n) is 14.7. The van der Waals surface area contributed by atoms with E-state index in [-0.39, 0.29) is 0 Å². The summed E-state index contributed by atoms with van der Waals surface area (Å²) in [6.07, 6.45) is 1.64. The summed E-state index contributed by atoms with van der Waals surface area (Å²) in [5.41, 5.74) is 8.90. The Hall–Kier alpha value is -3.63. The van der Waals surface area contributed by atoms with E-state index in [1.54, 1.807) is 29.0 Å². The second-order valence-electron chi connectivity index (χ2n) is 6.34. The number of hydrogen-bond donors (Lipinski definition) is 3. The van der Waals surface area contributed by atoms with Gasteiger partial charge in [0, 0.05) is 11.4 Å². The van der Waals surface area contributed by atoms with Crippen molar-refractivity contribution < 1.29 is 0 Å². The first-order chi connectivity index (χ1) is 14.3. The second kappa shape index (κ2) is 6.47.